The van der Waals surface area contributed by atoms with E-state index in [1.807, 2.05) is 63.1 Å². The third-order valence-corrected chi connectivity index (χ3v) is 6.70. The molecule has 2 aromatic carbocycles. The molecule has 0 unspecified atom stereocenters. The molecule has 0 aliphatic carbocycles. The molecule has 0 amide bonds. The summed E-state index contributed by atoms with van der Waals surface area (Å²) in [5, 5.41) is 0. The van der Waals surface area contributed by atoms with Gasteiger partial charge in [-0.05, 0) is 0 Å². The summed E-state index contributed by atoms with van der Waals surface area (Å²) in [6.07, 6.45) is 0. The molecule has 2 rings (SSSR count). The second-order valence-corrected chi connectivity index (χ2v) is 15.6. The van der Waals surface area contributed by atoms with Gasteiger partial charge in [-0.2, -0.15) is 0 Å². The Morgan fingerprint density at radius 1 is 0.810 bits per heavy atom. The molecular formula is C16H21O3PS. The van der Waals surface area contributed by atoms with Gasteiger partial charge < -0.3 is 0 Å². The first-order valence-electron chi connectivity index (χ1n) is 6.66. The molecule has 0 spiro atoms. The summed E-state index contributed by atoms with van der Waals surface area (Å²) in [6.45, 7) is 4.82. The van der Waals surface area contributed by atoms with Crippen LogP contribution in [-0.2, 0) is 14.1 Å². The monoisotopic (exact) mass is 324 g/mol. The molecule has 0 aromatic heterocycles. The van der Waals surface area contributed by atoms with Crippen molar-refractivity contribution in [1.82, 2.24) is 0 Å². The summed E-state index contributed by atoms with van der Waals surface area (Å²) in [6, 6.07) is 16.4. The first-order valence-corrected chi connectivity index (χ1v) is 12.0. The van der Waals surface area contributed by atoms with Gasteiger partial charge in [-0.15, -0.1) is 0 Å². The van der Waals surface area contributed by atoms with E-state index in [1.165, 1.54) is 0 Å². The summed E-state index contributed by atoms with van der Waals surface area (Å²) in [5.41, 5.74) is 1.53. The van der Waals surface area contributed by atoms with Crippen LogP contribution >= 0.6 is 6.83 Å². The zero-order valence-corrected chi connectivity index (χ0v) is 14.5. The SMILES string of the molecule is CP(C)(C)(C)OS(=O)(=O)c1ccccc1-c1ccccc1. The van der Waals surface area contributed by atoms with Crippen molar-refractivity contribution >= 4 is 16.9 Å². The van der Waals surface area contributed by atoms with Crippen LogP contribution in [-0.4, -0.2) is 35.1 Å². The number of hydrogen-bond acceptors (Lipinski definition) is 3. The maximum absolute atomic E-state index is 12.7. The maximum atomic E-state index is 12.7. The topological polar surface area (TPSA) is 43.4 Å². The van der Waals surface area contributed by atoms with Crippen molar-refractivity contribution in [2.24, 2.45) is 0 Å². The molecule has 0 atom stereocenters. The van der Waals surface area contributed by atoms with Crippen LogP contribution in [0.5, 0.6) is 0 Å². The predicted octanol–water partition coefficient (Wildman–Crippen LogP) is 4.05. The van der Waals surface area contributed by atoms with E-state index in [9.17, 15) is 8.42 Å². The standard InChI is InChI=1S/C16H21O3PS/c1-20(2,3,4)19-21(17,18)16-13-9-8-12-15(16)14-10-6-5-7-11-14/h5-13H,1-4H3. The Morgan fingerprint density at radius 2 is 1.33 bits per heavy atom. The van der Waals surface area contributed by atoms with Crippen LogP contribution in [0, 0.1) is 0 Å². The third-order valence-electron chi connectivity index (χ3n) is 2.64. The molecule has 114 valence electrons. The van der Waals surface area contributed by atoms with Gasteiger partial charge >= 0.3 is 127 Å². The molecule has 0 heterocycles. The van der Waals surface area contributed by atoms with Gasteiger partial charge in [-0.1, -0.05) is 0 Å². The van der Waals surface area contributed by atoms with Gasteiger partial charge in [0.15, 0.2) is 0 Å². The zero-order chi connectivity index (χ0) is 15.8. The van der Waals surface area contributed by atoms with E-state index in [1.54, 1.807) is 18.2 Å². The van der Waals surface area contributed by atoms with Crippen molar-refractivity contribution in [3.63, 3.8) is 0 Å². The summed E-state index contributed by atoms with van der Waals surface area (Å²) >= 11 is 0. The van der Waals surface area contributed by atoms with E-state index < -0.39 is 16.9 Å². The average molecular weight is 324 g/mol. The van der Waals surface area contributed by atoms with Gasteiger partial charge in [0.2, 0.25) is 0 Å². The second-order valence-electron chi connectivity index (χ2n) is 6.80. The van der Waals surface area contributed by atoms with Crippen LogP contribution < -0.4 is 0 Å². The van der Waals surface area contributed by atoms with Gasteiger partial charge in [0.25, 0.3) is 0 Å². The Morgan fingerprint density at radius 3 is 1.90 bits per heavy atom. The Hall–Kier alpha value is -1.22. The first kappa shape index (κ1) is 16.2. The van der Waals surface area contributed by atoms with Crippen LogP contribution in [0.15, 0.2) is 59.5 Å². The fourth-order valence-corrected chi connectivity index (χ4v) is 6.14. The van der Waals surface area contributed by atoms with E-state index in [0.29, 0.717) is 5.56 Å². The molecule has 3 nitrogen and oxygen atoms in total. The van der Waals surface area contributed by atoms with Gasteiger partial charge in [0.1, 0.15) is 0 Å². The minimum absolute atomic E-state index is 0.220. The summed E-state index contributed by atoms with van der Waals surface area (Å²) in [5.74, 6) is 0. The zero-order valence-electron chi connectivity index (χ0n) is 12.8. The molecule has 0 aliphatic heterocycles. The van der Waals surface area contributed by atoms with Crippen molar-refractivity contribution in [3.05, 3.63) is 54.6 Å². The number of benzene rings is 2. The fourth-order valence-electron chi connectivity index (χ4n) is 1.97. The number of rotatable bonds is 4. The molecule has 0 bridgehead atoms. The summed E-state index contributed by atoms with van der Waals surface area (Å²) in [4.78, 5) is 0.220. The van der Waals surface area contributed by atoms with E-state index in [4.69, 9.17) is 3.97 Å². The van der Waals surface area contributed by atoms with Crippen molar-refractivity contribution < 1.29 is 12.4 Å². The fraction of sp³-hybridized carbons (Fsp3) is 0.250. The summed E-state index contributed by atoms with van der Waals surface area (Å²) in [7, 11) is -3.80. The van der Waals surface area contributed by atoms with Crippen LogP contribution in [0.2, 0.25) is 0 Å². The van der Waals surface area contributed by atoms with Crippen molar-refractivity contribution in [3.8, 4) is 11.1 Å². The average Bonchev–Trinajstić information content (AvgIpc) is 2.36. The molecule has 0 saturated heterocycles. The molecule has 0 fully saturated rings. The van der Waals surface area contributed by atoms with Gasteiger partial charge in [-0.25, -0.2) is 0 Å². The molecule has 2 aromatic rings. The molecule has 0 radical (unpaired) electrons. The Labute approximate surface area is 127 Å². The molecule has 0 aliphatic rings. The molecule has 5 heteroatoms. The van der Waals surface area contributed by atoms with E-state index in [-0.39, 0.29) is 4.90 Å². The van der Waals surface area contributed by atoms with Crippen molar-refractivity contribution in [2.45, 2.75) is 4.90 Å². The molecule has 0 N–H and O–H groups in total. The Kier molecular flexibility index (Phi) is 4.00. The van der Waals surface area contributed by atoms with E-state index in [0.717, 1.165) is 5.56 Å². The van der Waals surface area contributed by atoms with Gasteiger partial charge in [-0.3, -0.25) is 0 Å². The molecule has 0 saturated carbocycles. The minimum atomic E-state index is -3.80. The molecular weight excluding hydrogens is 303 g/mol. The van der Waals surface area contributed by atoms with Crippen LogP contribution in [0.1, 0.15) is 0 Å². The summed E-state index contributed by atoms with van der Waals surface area (Å²) < 4.78 is 30.9. The van der Waals surface area contributed by atoms with Crippen molar-refractivity contribution in [2.75, 3.05) is 26.7 Å². The quantitative estimate of drug-likeness (QED) is 0.797. The normalized spacial score (nSPS) is 14.4. The van der Waals surface area contributed by atoms with E-state index >= 15 is 0 Å². The van der Waals surface area contributed by atoms with E-state index in [2.05, 4.69) is 0 Å². The van der Waals surface area contributed by atoms with Crippen LogP contribution in [0.25, 0.3) is 11.1 Å². The first-order chi connectivity index (χ1) is 9.55. The molecule has 21 heavy (non-hydrogen) atoms. The van der Waals surface area contributed by atoms with Crippen molar-refractivity contribution in [1.29, 1.82) is 0 Å². The van der Waals surface area contributed by atoms with Gasteiger partial charge in [0.05, 0.1) is 0 Å². The number of hydrogen-bond donors (Lipinski definition) is 0. The Balaban J connectivity index is 2.56. The predicted molar refractivity (Wildman–Crippen MR) is 90.8 cm³/mol. The van der Waals surface area contributed by atoms with Gasteiger partial charge in [0, 0.05) is 0 Å². The Bertz CT molecular complexity index is 735. The third kappa shape index (κ3) is 4.37. The van der Waals surface area contributed by atoms with Crippen LogP contribution in [0.4, 0.5) is 0 Å². The second kappa shape index (κ2) is 5.20. The van der Waals surface area contributed by atoms with Crippen LogP contribution in [0.3, 0.4) is 0 Å².